The number of carbonyl (C=O) groups is 2. The molecule has 0 radical (unpaired) electrons. The fourth-order valence-electron chi connectivity index (χ4n) is 3.89. The molecule has 104 valence electrons. The van der Waals surface area contributed by atoms with Gasteiger partial charge >= 0.3 is 5.97 Å². The predicted molar refractivity (Wildman–Crippen MR) is 67.1 cm³/mol. The van der Waals surface area contributed by atoms with Gasteiger partial charge in [-0.1, -0.05) is 12.2 Å². The number of aliphatic hydroxyl groups excluding tert-OH is 1. The van der Waals surface area contributed by atoms with Gasteiger partial charge in [-0.05, 0) is 24.7 Å². The quantitative estimate of drug-likeness (QED) is 0.722. The minimum atomic E-state index is -0.854. The summed E-state index contributed by atoms with van der Waals surface area (Å²) in [5, 5.41) is 18.5. The highest BCUT2D eigenvalue weighted by atomic mass is 16.4. The van der Waals surface area contributed by atoms with Crippen molar-refractivity contribution >= 4 is 11.9 Å². The molecule has 19 heavy (non-hydrogen) atoms. The van der Waals surface area contributed by atoms with E-state index in [2.05, 4.69) is 0 Å². The molecule has 3 rings (SSSR count). The third-order valence-electron chi connectivity index (χ3n) is 4.89. The molecule has 2 fully saturated rings. The molecule has 3 aliphatic rings. The molecule has 5 nitrogen and oxygen atoms in total. The first-order valence-corrected chi connectivity index (χ1v) is 6.92. The van der Waals surface area contributed by atoms with Crippen LogP contribution in [-0.2, 0) is 9.59 Å². The summed E-state index contributed by atoms with van der Waals surface area (Å²) in [7, 11) is 0. The van der Waals surface area contributed by atoms with E-state index in [4.69, 9.17) is 5.11 Å². The van der Waals surface area contributed by atoms with Crippen LogP contribution in [-0.4, -0.2) is 46.7 Å². The number of likely N-dealkylation sites (tertiary alicyclic amines) is 1. The molecule has 1 heterocycles. The van der Waals surface area contributed by atoms with Gasteiger partial charge in [0.25, 0.3) is 0 Å². The number of carbonyl (C=O) groups excluding carboxylic acids is 1. The molecule has 2 aliphatic carbocycles. The van der Waals surface area contributed by atoms with Crippen LogP contribution >= 0.6 is 0 Å². The molecule has 1 saturated carbocycles. The highest BCUT2D eigenvalue weighted by Crippen LogP contribution is 2.49. The van der Waals surface area contributed by atoms with Crippen LogP contribution in [0.4, 0.5) is 0 Å². The number of allylic oxidation sites excluding steroid dienone is 2. The van der Waals surface area contributed by atoms with E-state index >= 15 is 0 Å². The lowest BCUT2D eigenvalue weighted by atomic mass is 9.82. The van der Waals surface area contributed by atoms with Gasteiger partial charge in [0.05, 0.1) is 11.8 Å². The zero-order valence-corrected chi connectivity index (χ0v) is 10.7. The molecule has 5 unspecified atom stereocenters. The van der Waals surface area contributed by atoms with E-state index < -0.39 is 17.8 Å². The first-order valence-electron chi connectivity index (χ1n) is 6.92. The Kier molecular flexibility index (Phi) is 3.09. The van der Waals surface area contributed by atoms with Crippen molar-refractivity contribution in [1.29, 1.82) is 0 Å². The molecule has 5 heteroatoms. The summed E-state index contributed by atoms with van der Waals surface area (Å²) < 4.78 is 0. The lowest BCUT2D eigenvalue weighted by molar-refractivity contribution is -0.150. The van der Waals surface area contributed by atoms with Crippen molar-refractivity contribution in [3.63, 3.8) is 0 Å². The second-order valence-corrected chi connectivity index (χ2v) is 5.96. The van der Waals surface area contributed by atoms with Gasteiger partial charge < -0.3 is 15.1 Å². The van der Waals surface area contributed by atoms with E-state index in [1.807, 2.05) is 12.2 Å². The number of rotatable bonds is 3. The van der Waals surface area contributed by atoms with Crippen molar-refractivity contribution in [3.05, 3.63) is 12.2 Å². The van der Waals surface area contributed by atoms with Crippen LogP contribution in [0.3, 0.4) is 0 Å². The second kappa shape index (κ2) is 4.63. The summed E-state index contributed by atoms with van der Waals surface area (Å²) in [6, 6.07) is 0. The number of carboxylic acid groups (broad SMARTS) is 1. The van der Waals surface area contributed by atoms with Crippen molar-refractivity contribution in [1.82, 2.24) is 4.90 Å². The van der Waals surface area contributed by atoms with Crippen molar-refractivity contribution in [3.8, 4) is 0 Å². The Morgan fingerprint density at radius 3 is 2.47 bits per heavy atom. The summed E-state index contributed by atoms with van der Waals surface area (Å²) >= 11 is 0. The van der Waals surface area contributed by atoms with Crippen LogP contribution in [0, 0.1) is 29.6 Å². The molecule has 5 atom stereocenters. The zero-order chi connectivity index (χ0) is 13.6. The Morgan fingerprint density at radius 1 is 1.21 bits per heavy atom. The van der Waals surface area contributed by atoms with E-state index in [1.165, 1.54) is 0 Å². The number of hydrogen-bond acceptors (Lipinski definition) is 3. The molecule has 1 amide bonds. The van der Waals surface area contributed by atoms with Gasteiger partial charge in [-0.15, -0.1) is 0 Å². The van der Waals surface area contributed by atoms with Gasteiger partial charge in [0.2, 0.25) is 5.91 Å². The van der Waals surface area contributed by atoms with Crippen LogP contribution in [0.15, 0.2) is 12.2 Å². The van der Waals surface area contributed by atoms with E-state index in [1.54, 1.807) is 4.90 Å². The van der Waals surface area contributed by atoms with E-state index in [-0.39, 0.29) is 30.3 Å². The largest absolute Gasteiger partial charge is 0.481 e. The standard InChI is InChI=1S/C14H19NO4/c16-7-8-3-4-15(6-8)13(17)11-9-1-2-10(5-9)12(11)14(18)19/h1-2,8-12,16H,3-7H2,(H,18,19). The summed E-state index contributed by atoms with van der Waals surface area (Å²) in [5.74, 6) is -1.57. The second-order valence-electron chi connectivity index (χ2n) is 5.96. The number of aliphatic carboxylic acids is 1. The Hall–Kier alpha value is -1.36. The predicted octanol–water partition coefficient (Wildman–Crippen LogP) is 0.350. The summed E-state index contributed by atoms with van der Waals surface area (Å²) in [6.45, 7) is 1.32. The fraction of sp³-hybridized carbons (Fsp3) is 0.714. The Balaban J connectivity index is 1.76. The van der Waals surface area contributed by atoms with Crippen molar-refractivity contribution < 1.29 is 19.8 Å². The lowest BCUT2D eigenvalue weighted by Gasteiger charge is -2.28. The lowest BCUT2D eigenvalue weighted by Crippen LogP contribution is -2.42. The van der Waals surface area contributed by atoms with E-state index in [9.17, 15) is 14.7 Å². The number of aliphatic hydroxyl groups is 1. The Labute approximate surface area is 111 Å². The average Bonchev–Trinajstić information content (AvgIpc) is 3.11. The van der Waals surface area contributed by atoms with Gasteiger partial charge in [0.1, 0.15) is 0 Å². The van der Waals surface area contributed by atoms with Gasteiger partial charge in [-0.25, -0.2) is 0 Å². The highest BCUT2D eigenvalue weighted by Gasteiger charge is 2.53. The average molecular weight is 265 g/mol. The summed E-state index contributed by atoms with van der Waals surface area (Å²) in [6.07, 6.45) is 5.57. The molecule has 1 aliphatic heterocycles. The van der Waals surface area contributed by atoms with Crippen LogP contribution < -0.4 is 0 Å². The van der Waals surface area contributed by atoms with Crippen molar-refractivity contribution in [2.45, 2.75) is 12.8 Å². The van der Waals surface area contributed by atoms with Gasteiger partial charge in [-0.2, -0.15) is 0 Å². The number of fused-ring (bicyclic) bond motifs is 2. The molecule has 0 aromatic carbocycles. The van der Waals surface area contributed by atoms with E-state index in [0.29, 0.717) is 13.1 Å². The summed E-state index contributed by atoms with van der Waals surface area (Å²) in [5.41, 5.74) is 0. The highest BCUT2D eigenvalue weighted by molar-refractivity contribution is 5.87. The minimum Gasteiger partial charge on any atom is -0.481 e. The fourth-order valence-corrected chi connectivity index (χ4v) is 3.89. The van der Waals surface area contributed by atoms with Crippen LogP contribution in [0.1, 0.15) is 12.8 Å². The topological polar surface area (TPSA) is 77.8 Å². The van der Waals surface area contributed by atoms with Crippen molar-refractivity contribution in [2.24, 2.45) is 29.6 Å². The maximum Gasteiger partial charge on any atom is 0.307 e. The number of hydrogen-bond donors (Lipinski definition) is 2. The number of amides is 1. The zero-order valence-electron chi connectivity index (χ0n) is 10.7. The van der Waals surface area contributed by atoms with Crippen LogP contribution in [0.5, 0.6) is 0 Å². The van der Waals surface area contributed by atoms with Gasteiger partial charge in [-0.3, -0.25) is 9.59 Å². The molecule has 2 N–H and O–H groups in total. The van der Waals surface area contributed by atoms with Crippen LogP contribution in [0.25, 0.3) is 0 Å². The molecular weight excluding hydrogens is 246 g/mol. The molecular formula is C14H19NO4. The smallest absolute Gasteiger partial charge is 0.307 e. The van der Waals surface area contributed by atoms with Crippen molar-refractivity contribution in [2.75, 3.05) is 19.7 Å². The maximum absolute atomic E-state index is 12.6. The summed E-state index contributed by atoms with van der Waals surface area (Å²) in [4.78, 5) is 25.7. The SMILES string of the molecule is O=C(O)C1C2C=CC(C2)C1C(=O)N1CCC(CO)C1. The minimum absolute atomic E-state index is 0.0210. The normalized spacial score (nSPS) is 40.1. The van der Waals surface area contributed by atoms with Crippen LogP contribution in [0.2, 0.25) is 0 Å². The third kappa shape index (κ3) is 1.96. The first kappa shape index (κ1) is 12.7. The molecule has 2 bridgehead atoms. The first-order chi connectivity index (χ1) is 9.11. The Bertz CT molecular complexity index is 433. The molecule has 0 aromatic rings. The molecule has 0 aromatic heterocycles. The third-order valence-corrected chi connectivity index (χ3v) is 4.89. The number of carboxylic acids is 1. The Morgan fingerprint density at radius 2 is 1.89 bits per heavy atom. The van der Waals surface area contributed by atoms with Gasteiger partial charge in [0, 0.05) is 25.6 Å². The molecule has 1 saturated heterocycles. The maximum atomic E-state index is 12.6. The monoisotopic (exact) mass is 265 g/mol. The van der Waals surface area contributed by atoms with E-state index in [0.717, 1.165) is 12.8 Å². The number of nitrogens with zero attached hydrogens (tertiary/aromatic N) is 1. The van der Waals surface area contributed by atoms with Gasteiger partial charge in [0.15, 0.2) is 0 Å². The molecule has 0 spiro atoms.